The SMILES string of the molecule is CC(C)c1nc2ccccc2n1-c1nc(N)cc(Nc2ccc(C(F)(F)F)cc2)n1. The van der Waals surface area contributed by atoms with Crippen LogP contribution in [-0.4, -0.2) is 19.5 Å². The van der Waals surface area contributed by atoms with E-state index in [0.717, 1.165) is 29.0 Å². The molecular weight excluding hydrogens is 393 g/mol. The van der Waals surface area contributed by atoms with Gasteiger partial charge in [-0.2, -0.15) is 23.1 Å². The van der Waals surface area contributed by atoms with E-state index >= 15 is 0 Å². The van der Waals surface area contributed by atoms with E-state index in [0.29, 0.717) is 17.5 Å². The number of hydrogen-bond donors (Lipinski definition) is 2. The second-order valence-electron chi connectivity index (χ2n) is 7.13. The van der Waals surface area contributed by atoms with E-state index in [1.54, 1.807) is 0 Å². The van der Waals surface area contributed by atoms with Crippen LogP contribution in [0, 0.1) is 0 Å². The molecule has 0 aliphatic rings. The summed E-state index contributed by atoms with van der Waals surface area (Å²) in [6.07, 6.45) is -4.39. The van der Waals surface area contributed by atoms with Crippen LogP contribution in [0.15, 0.2) is 54.6 Å². The number of hydrogen-bond acceptors (Lipinski definition) is 5. The smallest absolute Gasteiger partial charge is 0.383 e. The Kier molecular flexibility index (Phi) is 4.81. The molecule has 2 aromatic heterocycles. The first-order valence-electron chi connectivity index (χ1n) is 9.29. The Hall–Kier alpha value is -3.62. The summed E-state index contributed by atoms with van der Waals surface area (Å²) in [7, 11) is 0. The van der Waals surface area contributed by atoms with Gasteiger partial charge in [0.05, 0.1) is 16.6 Å². The van der Waals surface area contributed by atoms with E-state index < -0.39 is 11.7 Å². The third-order valence-electron chi connectivity index (χ3n) is 4.52. The van der Waals surface area contributed by atoms with Gasteiger partial charge in [-0.1, -0.05) is 26.0 Å². The summed E-state index contributed by atoms with van der Waals surface area (Å²) >= 11 is 0. The Morgan fingerprint density at radius 3 is 2.33 bits per heavy atom. The van der Waals surface area contributed by atoms with Gasteiger partial charge < -0.3 is 11.1 Å². The van der Waals surface area contributed by atoms with Crippen molar-refractivity contribution >= 4 is 28.4 Å². The lowest BCUT2D eigenvalue weighted by atomic mass is 10.2. The number of nitrogens with two attached hydrogens (primary N) is 1. The van der Waals surface area contributed by atoms with Crippen LogP contribution >= 0.6 is 0 Å². The van der Waals surface area contributed by atoms with Crippen LogP contribution in [0.1, 0.15) is 31.2 Å². The highest BCUT2D eigenvalue weighted by atomic mass is 19.4. The average molecular weight is 412 g/mol. The highest BCUT2D eigenvalue weighted by molar-refractivity contribution is 5.78. The first-order chi connectivity index (χ1) is 14.2. The van der Waals surface area contributed by atoms with Gasteiger partial charge in [0, 0.05) is 17.7 Å². The molecule has 0 fully saturated rings. The lowest BCUT2D eigenvalue weighted by Gasteiger charge is -2.13. The zero-order valence-electron chi connectivity index (χ0n) is 16.3. The number of halogens is 3. The number of fused-ring (bicyclic) bond motifs is 1. The van der Waals surface area contributed by atoms with Crippen molar-refractivity contribution in [3.05, 3.63) is 66.0 Å². The number of aromatic nitrogens is 4. The summed E-state index contributed by atoms with van der Waals surface area (Å²) in [5, 5.41) is 2.99. The summed E-state index contributed by atoms with van der Waals surface area (Å²) in [6.45, 7) is 4.04. The van der Waals surface area contributed by atoms with Crippen molar-refractivity contribution < 1.29 is 13.2 Å². The maximum atomic E-state index is 12.8. The van der Waals surface area contributed by atoms with E-state index in [9.17, 15) is 13.2 Å². The van der Waals surface area contributed by atoms with Crippen LogP contribution in [0.25, 0.3) is 17.0 Å². The van der Waals surface area contributed by atoms with Gasteiger partial charge >= 0.3 is 6.18 Å². The quantitative estimate of drug-likeness (QED) is 0.476. The fraction of sp³-hybridized carbons (Fsp3) is 0.190. The number of benzene rings is 2. The highest BCUT2D eigenvalue weighted by Gasteiger charge is 2.30. The minimum atomic E-state index is -4.39. The maximum absolute atomic E-state index is 12.8. The number of para-hydroxylation sites is 2. The molecule has 6 nitrogen and oxygen atoms in total. The second-order valence-corrected chi connectivity index (χ2v) is 7.13. The molecule has 0 radical (unpaired) electrons. The molecule has 0 saturated carbocycles. The molecule has 154 valence electrons. The Labute approximate surface area is 170 Å². The monoisotopic (exact) mass is 412 g/mol. The Morgan fingerprint density at radius 1 is 0.967 bits per heavy atom. The van der Waals surface area contributed by atoms with E-state index in [2.05, 4.69) is 20.3 Å². The predicted molar refractivity (Wildman–Crippen MR) is 110 cm³/mol. The maximum Gasteiger partial charge on any atom is 0.416 e. The topological polar surface area (TPSA) is 81.7 Å². The van der Waals surface area contributed by atoms with Gasteiger partial charge in [-0.15, -0.1) is 0 Å². The predicted octanol–water partition coefficient (Wildman–Crippen LogP) is 5.28. The van der Waals surface area contributed by atoms with Crippen molar-refractivity contribution in [1.29, 1.82) is 0 Å². The normalized spacial score (nSPS) is 11.9. The van der Waals surface area contributed by atoms with Crippen molar-refractivity contribution in [2.75, 3.05) is 11.1 Å². The molecule has 0 atom stereocenters. The van der Waals surface area contributed by atoms with Gasteiger partial charge in [0.25, 0.3) is 0 Å². The molecule has 2 aromatic carbocycles. The summed E-state index contributed by atoms with van der Waals surface area (Å²) in [5.74, 6) is 1.81. The van der Waals surface area contributed by atoms with Crippen molar-refractivity contribution in [2.45, 2.75) is 25.9 Å². The number of nitrogens with zero attached hydrogens (tertiary/aromatic N) is 4. The molecule has 0 amide bonds. The van der Waals surface area contributed by atoms with Crippen LogP contribution in [0.4, 0.5) is 30.5 Å². The zero-order valence-corrected chi connectivity index (χ0v) is 16.3. The molecule has 0 unspecified atom stereocenters. The zero-order chi connectivity index (χ0) is 21.5. The van der Waals surface area contributed by atoms with Crippen LogP contribution in [-0.2, 0) is 6.18 Å². The van der Waals surface area contributed by atoms with Crippen molar-refractivity contribution in [1.82, 2.24) is 19.5 Å². The third kappa shape index (κ3) is 3.78. The molecule has 4 aromatic rings. The third-order valence-corrected chi connectivity index (χ3v) is 4.52. The number of nitrogens with one attached hydrogen (secondary N) is 1. The van der Waals surface area contributed by atoms with E-state index in [-0.39, 0.29) is 11.7 Å². The van der Waals surface area contributed by atoms with Crippen molar-refractivity contribution in [3.8, 4) is 5.95 Å². The van der Waals surface area contributed by atoms with Gasteiger partial charge in [-0.3, -0.25) is 4.57 Å². The number of nitrogen functional groups attached to an aromatic ring is 1. The molecule has 0 bridgehead atoms. The minimum absolute atomic E-state index is 0.105. The van der Waals surface area contributed by atoms with Gasteiger partial charge in [-0.05, 0) is 36.4 Å². The molecule has 3 N–H and O–H groups in total. The van der Waals surface area contributed by atoms with Crippen LogP contribution in [0.3, 0.4) is 0 Å². The van der Waals surface area contributed by atoms with Crippen molar-refractivity contribution in [2.24, 2.45) is 0 Å². The minimum Gasteiger partial charge on any atom is -0.383 e. The highest BCUT2D eigenvalue weighted by Crippen LogP contribution is 2.31. The van der Waals surface area contributed by atoms with E-state index in [1.807, 2.05) is 42.7 Å². The number of rotatable bonds is 4. The van der Waals surface area contributed by atoms with Gasteiger partial charge in [0.1, 0.15) is 17.5 Å². The number of alkyl halides is 3. The summed E-state index contributed by atoms with van der Waals surface area (Å²) in [4.78, 5) is 13.6. The molecule has 30 heavy (non-hydrogen) atoms. The molecule has 0 aliphatic carbocycles. The number of imidazole rings is 1. The molecule has 0 aliphatic heterocycles. The van der Waals surface area contributed by atoms with Crippen molar-refractivity contribution in [3.63, 3.8) is 0 Å². The molecule has 9 heteroatoms. The fourth-order valence-corrected chi connectivity index (χ4v) is 3.15. The molecule has 0 spiro atoms. The molecule has 2 heterocycles. The average Bonchev–Trinajstić information content (AvgIpc) is 3.07. The fourth-order valence-electron chi connectivity index (χ4n) is 3.15. The largest absolute Gasteiger partial charge is 0.416 e. The van der Waals surface area contributed by atoms with Gasteiger partial charge in [-0.25, -0.2) is 4.98 Å². The van der Waals surface area contributed by atoms with Crippen LogP contribution in [0.5, 0.6) is 0 Å². The molecule has 4 rings (SSSR count). The van der Waals surface area contributed by atoms with Crippen LogP contribution < -0.4 is 11.1 Å². The van der Waals surface area contributed by atoms with Crippen LogP contribution in [0.2, 0.25) is 0 Å². The summed E-state index contributed by atoms with van der Waals surface area (Å²) in [5.41, 5.74) is 7.38. The van der Waals surface area contributed by atoms with Gasteiger partial charge in [0.15, 0.2) is 0 Å². The summed E-state index contributed by atoms with van der Waals surface area (Å²) < 4.78 is 40.2. The second kappa shape index (κ2) is 7.33. The molecular formula is C21H19F3N6. The van der Waals surface area contributed by atoms with E-state index in [4.69, 9.17) is 5.73 Å². The summed E-state index contributed by atoms with van der Waals surface area (Å²) in [6, 6.07) is 13.9. The Balaban J connectivity index is 1.75. The lowest BCUT2D eigenvalue weighted by molar-refractivity contribution is -0.137. The first-order valence-corrected chi connectivity index (χ1v) is 9.29. The first kappa shape index (κ1) is 19.7. The Bertz CT molecular complexity index is 1200. The number of anilines is 3. The van der Waals surface area contributed by atoms with E-state index in [1.165, 1.54) is 18.2 Å². The Morgan fingerprint density at radius 2 is 1.67 bits per heavy atom. The van der Waals surface area contributed by atoms with Gasteiger partial charge in [0.2, 0.25) is 5.95 Å². The standard InChI is InChI=1S/C21H19F3N6/c1-12(2)19-27-15-5-3-4-6-16(15)30(19)20-28-17(25)11-18(29-20)26-14-9-7-13(8-10-14)21(22,23)24/h3-12H,1-2H3,(H3,25,26,28,29). The molecule has 0 saturated heterocycles. The lowest BCUT2D eigenvalue weighted by Crippen LogP contribution is -2.10.